The number of nitrogens with zero attached hydrogens (tertiary/aromatic N) is 4. The number of anilines is 1. The second-order valence-electron chi connectivity index (χ2n) is 4.93. The topological polar surface area (TPSA) is 70.6 Å². The van der Waals surface area contributed by atoms with E-state index in [9.17, 15) is 4.79 Å². The highest BCUT2D eigenvalue weighted by Gasteiger charge is 2.18. The SMILES string of the molecule is CCN1CCN(c2cc(C(=O)NCCOC)ncn2)CC1. The number of amides is 1. The van der Waals surface area contributed by atoms with Crippen molar-refractivity contribution in [3.05, 3.63) is 18.1 Å². The van der Waals surface area contributed by atoms with Gasteiger partial charge in [0.2, 0.25) is 0 Å². The van der Waals surface area contributed by atoms with Crippen molar-refractivity contribution in [3.8, 4) is 0 Å². The molecule has 1 fully saturated rings. The molecule has 0 saturated carbocycles. The van der Waals surface area contributed by atoms with Gasteiger partial charge in [0.15, 0.2) is 0 Å². The molecule has 0 aromatic carbocycles. The number of carbonyl (C=O) groups is 1. The van der Waals surface area contributed by atoms with Crippen molar-refractivity contribution in [2.24, 2.45) is 0 Å². The van der Waals surface area contributed by atoms with Crippen molar-refractivity contribution in [2.75, 3.05) is 57.9 Å². The Kier molecular flexibility index (Phi) is 5.89. The molecule has 0 aliphatic carbocycles. The lowest BCUT2D eigenvalue weighted by Gasteiger charge is -2.34. The van der Waals surface area contributed by atoms with E-state index in [0.29, 0.717) is 18.8 Å². The number of hydrogen-bond acceptors (Lipinski definition) is 6. The van der Waals surface area contributed by atoms with Crippen molar-refractivity contribution in [3.63, 3.8) is 0 Å². The van der Waals surface area contributed by atoms with E-state index in [-0.39, 0.29) is 5.91 Å². The van der Waals surface area contributed by atoms with Crippen LogP contribution in [0.5, 0.6) is 0 Å². The zero-order valence-corrected chi connectivity index (χ0v) is 12.7. The first-order valence-electron chi connectivity index (χ1n) is 7.31. The standard InChI is InChI=1S/C14H23N5O2/c1-3-18-5-7-19(8-6-18)13-10-12(16-11-17-13)14(20)15-4-9-21-2/h10-11H,3-9H2,1-2H3,(H,15,20). The molecule has 1 amide bonds. The van der Waals surface area contributed by atoms with Crippen molar-refractivity contribution < 1.29 is 9.53 Å². The van der Waals surface area contributed by atoms with E-state index in [1.165, 1.54) is 6.33 Å². The maximum absolute atomic E-state index is 12.0. The Bertz CT molecular complexity index is 460. The lowest BCUT2D eigenvalue weighted by Crippen LogP contribution is -2.46. The molecule has 2 heterocycles. The van der Waals surface area contributed by atoms with Gasteiger partial charge in [-0.2, -0.15) is 0 Å². The third-order valence-electron chi connectivity index (χ3n) is 3.62. The van der Waals surface area contributed by atoms with E-state index in [1.807, 2.05) is 0 Å². The first kappa shape index (κ1) is 15.7. The molecule has 1 aliphatic rings. The summed E-state index contributed by atoms with van der Waals surface area (Å²) >= 11 is 0. The van der Waals surface area contributed by atoms with Gasteiger partial charge in [-0.3, -0.25) is 4.79 Å². The summed E-state index contributed by atoms with van der Waals surface area (Å²) < 4.78 is 4.91. The second-order valence-corrected chi connectivity index (χ2v) is 4.93. The molecule has 0 bridgehead atoms. The molecular formula is C14H23N5O2. The van der Waals surface area contributed by atoms with E-state index in [2.05, 4.69) is 32.0 Å². The van der Waals surface area contributed by atoms with Crippen molar-refractivity contribution in [2.45, 2.75) is 6.92 Å². The van der Waals surface area contributed by atoms with Crippen LogP contribution in [0.3, 0.4) is 0 Å². The highest BCUT2D eigenvalue weighted by Crippen LogP contribution is 2.13. The molecular weight excluding hydrogens is 270 g/mol. The molecule has 21 heavy (non-hydrogen) atoms. The van der Waals surface area contributed by atoms with E-state index in [0.717, 1.165) is 38.5 Å². The smallest absolute Gasteiger partial charge is 0.270 e. The number of ether oxygens (including phenoxy) is 1. The van der Waals surface area contributed by atoms with E-state index >= 15 is 0 Å². The number of methoxy groups -OCH3 is 1. The molecule has 0 radical (unpaired) electrons. The van der Waals surface area contributed by atoms with Crippen LogP contribution in [-0.4, -0.2) is 73.8 Å². The van der Waals surface area contributed by atoms with E-state index in [1.54, 1.807) is 13.2 Å². The average molecular weight is 293 g/mol. The van der Waals surface area contributed by atoms with Crippen LogP contribution >= 0.6 is 0 Å². The van der Waals surface area contributed by atoms with Crippen LogP contribution < -0.4 is 10.2 Å². The Morgan fingerprint density at radius 1 is 1.33 bits per heavy atom. The van der Waals surface area contributed by atoms with Crippen LogP contribution in [0.25, 0.3) is 0 Å². The van der Waals surface area contributed by atoms with Gasteiger partial charge in [0.25, 0.3) is 5.91 Å². The van der Waals surface area contributed by atoms with Gasteiger partial charge in [0.1, 0.15) is 17.8 Å². The Labute approximate surface area is 125 Å². The number of nitrogens with one attached hydrogen (secondary N) is 1. The fourth-order valence-corrected chi connectivity index (χ4v) is 2.29. The fraction of sp³-hybridized carbons (Fsp3) is 0.643. The quantitative estimate of drug-likeness (QED) is 0.744. The summed E-state index contributed by atoms with van der Waals surface area (Å²) in [6, 6.07) is 1.75. The normalized spacial score (nSPS) is 16.0. The van der Waals surface area contributed by atoms with Gasteiger partial charge >= 0.3 is 0 Å². The van der Waals surface area contributed by atoms with Gasteiger partial charge in [-0.1, -0.05) is 6.92 Å². The summed E-state index contributed by atoms with van der Waals surface area (Å²) in [5, 5.41) is 2.77. The summed E-state index contributed by atoms with van der Waals surface area (Å²) in [6.07, 6.45) is 1.45. The largest absolute Gasteiger partial charge is 0.383 e. The molecule has 7 nitrogen and oxygen atoms in total. The first-order chi connectivity index (χ1) is 10.2. The third-order valence-corrected chi connectivity index (χ3v) is 3.62. The molecule has 1 N–H and O–H groups in total. The van der Waals surface area contributed by atoms with Gasteiger partial charge in [-0.15, -0.1) is 0 Å². The number of likely N-dealkylation sites (N-methyl/N-ethyl adjacent to an activating group) is 1. The van der Waals surface area contributed by atoms with Gasteiger partial charge in [0, 0.05) is 45.9 Å². The van der Waals surface area contributed by atoms with Crippen LogP contribution in [0.2, 0.25) is 0 Å². The summed E-state index contributed by atoms with van der Waals surface area (Å²) in [7, 11) is 1.60. The van der Waals surface area contributed by atoms with Gasteiger partial charge in [0.05, 0.1) is 6.61 Å². The van der Waals surface area contributed by atoms with Gasteiger partial charge < -0.3 is 19.9 Å². The van der Waals surface area contributed by atoms with E-state index in [4.69, 9.17) is 4.74 Å². The maximum Gasteiger partial charge on any atom is 0.270 e. The van der Waals surface area contributed by atoms with Gasteiger partial charge in [-0.05, 0) is 6.54 Å². The predicted molar refractivity (Wildman–Crippen MR) is 80.6 cm³/mol. The van der Waals surface area contributed by atoms with Crippen LogP contribution in [0.15, 0.2) is 12.4 Å². The Balaban J connectivity index is 1.96. The molecule has 0 unspecified atom stereocenters. The monoisotopic (exact) mass is 293 g/mol. The van der Waals surface area contributed by atoms with Crippen LogP contribution in [0, 0.1) is 0 Å². The zero-order chi connectivity index (χ0) is 15.1. The van der Waals surface area contributed by atoms with Crippen molar-refractivity contribution in [1.29, 1.82) is 0 Å². The maximum atomic E-state index is 12.0. The highest BCUT2D eigenvalue weighted by molar-refractivity contribution is 5.92. The number of piperazine rings is 1. The van der Waals surface area contributed by atoms with Crippen molar-refractivity contribution >= 4 is 11.7 Å². The highest BCUT2D eigenvalue weighted by atomic mass is 16.5. The zero-order valence-electron chi connectivity index (χ0n) is 12.7. The Hall–Kier alpha value is -1.73. The molecule has 2 rings (SSSR count). The minimum absolute atomic E-state index is 0.192. The molecule has 1 aromatic rings. The molecule has 0 spiro atoms. The molecule has 1 aliphatic heterocycles. The third kappa shape index (κ3) is 4.37. The number of aromatic nitrogens is 2. The molecule has 116 valence electrons. The first-order valence-corrected chi connectivity index (χ1v) is 7.31. The van der Waals surface area contributed by atoms with Crippen LogP contribution in [0.4, 0.5) is 5.82 Å². The van der Waals surface area contributed by atoms with Crippen LogP contribution in [-0.2, 0) is 4.74 Å². The number of hydrogen-bond donors (Lipinski definition) is 1. The summed E-state index contributed by atoms with van der Waals surface area (Å²) in [4.78, 5) is 24.9. The fourth-order valence-electron chi connectivity index (χ4n) is 2.29. The molecule has 1 aromatic heterocycles. The molecule has 7 heteroatoms. The molecule has 0 atom stereocenters. The lowest BCUT2D eigenvalue weighted by molar-refractivity contribution is 0.0932. The Morgan fingerprint density at radius 2 is 2.10 bits per heavy atom. The second kappa shape index (κ2) is 7.90. The van der Waals surface area contributed by atoms with E-state index < -0.39 is 0 Å². The minimum Gasteiger partial charge on any atom is -0.383 e. The molecule has 1 saturated heterocycles. The van der Waals surface area contributed by atoms with Crippen LogP contribution in [0.1, 0.15) is 17.4 Å². The predicted octanol–water partition coefficient (Wildman–Crippen LogP) is -0.00530. The summed E-state index contributed by atoms with van der Waals surface area (Å²) in [5.41, 5.74) is 0.397. The lowest BCUT2D eigenvalue weighted by atomic mass is 10.3. The summed E-state index contributed by atoms with van der Waals surface area (Å²) in [6.45, 7) is 8.11. The minimum atomic E-state index is -0.192. The Morgan fingerprint density at radius 3 is 2.76 bits per heavy atom. The summed E-state index contributed by atoms with van der Waals surface area (Å²) in [5.74, 6) is 0.625. The average Bonchev–Trinajstić information content (AvgIpc) is 2.55. The number of carbonyl (C=O) groups excluding carboxylic acids is 1. The van der Waals surface area contributed by atoms with Crippen molar-refractivity contribution in [1.82, 2.24) is 20.2 Å². The number of rotatable bonds is 6. The van der Waals surface area contributed by atoms with Gasteiger partial charge in [-0.25, -0.2) is 9.97 Å².